The molecule has 0 spiro atoms. The predicted octanol–water partition coefficient (Wildman–Crippen LogP) is 2.30. The topological polar surface area (TPSA) is 81.2 Å². The summed E-state index contributed by atoms with van der Waals surface area (Å²) >= 11 is 5.93. The molecule has 0 atom stereocenters. The Kier molecular flexibility index (Phi) is 3.64. The minimum absolute atomic E-state index is 0.118. The molecule has 0 fully saturated rings. The highest BCUT2D eigenvalue weighted by molar-refractivity contribution is 6.30. The maximum absolute atomic E-state index is 12.9. The van der Waals surface area contributed by atoms with Gasteiger partial charge < -0.3 is 9.47 Å². The molecule has 0 aromatic carbocycles. The smallest absolute Gasteiger partial charge is 0.274 e. The Morgan fingerprint density at radius 1 is 1.15 bits per heavy atom. The lowest BCUT2D eigenvalue weighted by Crippen LogP contribution is -2.38. The van der Waals surface area contributed by atoms with Crippen LogP contribution in [-0.2, 0) is 13.1 Å². The fourth-order valence-electron chi connectivity index (χ4n) is 3.37. The molecule has 0 unspecified atom stereocenters. The highest BCUT2D eigenvalue weighted by Crippen LogP contribution is 2.25. The van der Waals surface area contributed by atoms with Crippen LogP contribution in [0, 0.1) is 0 Å². The van der Waals surface area contributed by atoms with Gasteiger partial charge in [-0.2, -0.15) is 5.10 Å². The van der Waals surface area contributed by atoms with Crippen molar-refractivity contribution in [2.45, 2.75) is 13.1 Å². The van der Waals surface area contributed by atoms with Gasteiger partial charge in [0, 0.05) is 37.2 Å². The SMILES string of the molecule is O=C(c1cc2ncc(Cl)cn2n1)N1CCn2c(ccc2-c2ccncn2)C1. The van der Waals surface area contributed by atoms with Crippen LogP contribution in [0.4, 0.5) is 0 Å². The molecule has 4 aromatic heterocycles. The fourth-order valence-corrected chi connectivity index (χ4v) is 3.51. The van der Waals surface area contributed by atoms with Crippen molar-refractivity contribution in [1.82, 2.24) is 34.0 Å². The number of carbonyl (C=O) groups excluding carboxylic acids is 1. The molecule has 1 aliphatic heterocycles. The zero-order valence-electron chi connectivity index (χ0n) is 14.2. The number of fused-ring (bicyclic) bond motifs is 2. The van der Waals surface area contributed by atoms with E-state index in [0.29, 0.717) is 36.0 Å². The third-order valence-electron chi connectivity index (χ3n) is 4.65. The molecule has 1 amide bonds. The Balaban J connectivity index is 1.42. The first-order valence-corrected chi connectivity index (χ1v) is 8.82. The van der Waals surface area contributed by atoms with E-state index in [-0.39, 0.29) is 5.91 Å². The van der Waals surface area contributed by atoms with Gasteiger partial charge >= 0.3 is 0 Å². The Morgan fingerprint density at radius 3 is 2.93 bits per heavy atom. The van der Waals surface area contributed by atoms with Gasteiger partial charge in [-0.3, -0.25) is 4.79 Å². The van der Waals surface area contributed by atoms with Crippen LogP contribution in [0.5, 0.6) is 0 Å². The minimum Gasteiger partial charge on any atom is -0.340 e. The summed E-state index contributed by atoms with van der Waals surface area (Å²) in [5.41, 5.74) is 3.92. The van der Waals surface area contributed by atoms with Gasteiger partial charge in [-0.25, -0.2) is 19.5 Å². The Hall–Kier alpha value is -3.26. The first kappa shape index (κ1) is 16.0. The Labute approximate surface area is 159 Å². The number of hydrogen-bond donors (Lipinski definition) is 0. The van der Waals surface area contributed by atoms with Crippen LogP contribution < -0.4 is 0 Å². The van der Waals surface area contributed by atoms with Gasteiger partial charge in [0.05, 0.1) is 29.2 Å². The van der Waals surface area contributed by atoms with E-state index in [9.17, 15) is 4.79 Å². The van der Waals surface area contributed by atoms with Crippen LogP contribution in [0.25, 0.3) is 17.0 Å². The highest BCUT2D eigenvalue weighted by atomic mass is 35.5. The first-order chi connectivity index (χ1) is 13.2. The summed E-state index contributed by atoms with van der Waals surface area (Å²) in [4.78, 5) is 27.2. The first-order valence-electron chi connectivity index (χ1n) is 8.44. The minimum atomic E-state index is -0.118. The van der Waals surface area contributed by atoms with Crippen molar-refractivity contribution in [1.29, 1.82) is 0 Å². The molecule has 4 aromatic rings. The average Bonchev–Trinajstić information content (AvgIpc) is 3.31. The Bertz CT molecular complexity index is 1150. The van der Waals surface area contributed by atoms with E-state index in [1.165, 1.54) is 17.0 Å². The van der Waals surface area contributed by atoms with Crippen LogP contribution in [0.15, 0.2) is 49.2 Å². The quantitative estimate of drug-likeness (QED) is 0.533. The molecular formula is C18H14ClN7O. The van der Waals surface area contributed by atoms with Gasteiger partial charge in [0.1, 0.15) is 6.33 Å². The number of carbonyl (C=O) groups is 1. The van der Waals surface area contributed by atoms with Crippen LogP contribution >= 0.6 is 11.6 Å². The van der Waals surface area contributed by atoms with Gasteiger partial charge in [0.15, 0.2) is 11.3 Å². The molecule has 5 heterocycles. The monoisotopic (exact) mass is 379 g/mol. The van der Waals surface area contributed by atoms with Crippen LogP contribution in [0.3, 0.4) is 0 Å². The maximum Gasteiger partial charge on any atom is 0.274 e. The highest BCUT2D eigenvalue weighted by Gasteiger charge is 2.25. The lowest BCUT2D eigenvalue weighted by molar-refractivity contribution is 0.0705. The normalized spacial score (nSPS) is 13.7. The summed E-state index contributed by atoms with van der Waals surface area (Å²) in [6.45, 7) is 1.82. The van der Waals surface area contributed by atoms with Crippen molar-refractivity contribution in [3.05, 3.63) is 65.6 Å². The third-order valence-corrected chi connectivity index (χ3v) is 4.85. The molecular weight excluding hydrogens is 366 g/mol. The van der Waals surface area contributed by atoms with Crippen molar-refractivity contribution < 1.29 is 4.79 Å². The lowest BCUT2D eigenvalue weighted by Gasteiger charge is -2.29. The second kappa shape index (κ2) is 6.17. The molecule has 0 saturated heterocycles. The van der Waals surface area contributed by atoms with E-state index in [0.717, 1.165) is 17.1 Å². The van der Waals surface area contributed by atoms with Crippen molar-refractivity contribution in [3.63, 3.8) is 0 Å². The van der Waals surface area contributed by atoms with Gasteiger partial charge in [0.25, 0.3) is 5.91 Å². The molecule has 0 aliphatic carbocycles. The van der Waals surface area contributed by atoms with Crippen molar-refractivity contribution in [3.8, 4) is 11.4 Å². The van der Waals surface area contributed by atoms with Crippen molar-refractivity contribution in [2.75, 3.05) is 6.54 Å². The summed E-state index contributed by atoms with van der Waals surface area (Å²) in [7, 11) is 0. The number of aromatic nitrogens is 6. The largest absolute Gasteiger partial charge is 0.340 e. The zero-order chi connectivity index (χ0) is 18.4. The fraction of sp³-hybridized carbons (Fsp3) is 0.167. The second-order valence-electron chi connectivity index (χ2n) is 6.29. The number of amides is 1. The van der Waals surface area contributed by atoms with E-state index in [1.54, 1.807) is 23.4 Å². The van der Waals surface area contributed by atoms with E-state index in [1.807, 2.05) is 18.2 Å². The van der Waals surface area contributed by atoms with E-state index in [2.05, 4.69) is 24.6 Å². The van der Waals surface area contributed by atoms with Crippen molar-refractivity contribution >= 4 is 23.2 Å². The Morgan fingerprint density at radius 2 is 2.07 bits per heavy atom. The summed E-state index contributed by atoms with van der Waals surface area (Å²) in [6.07, 6.45) is 6.44. The van der Waals surface area contributed by atoms with Gasteiger partial charge in [-0.05, 0) is 18.2 Å². The van der Waals surface area contributed by atoms with Gasteiger partial charge in [-0.15, -0.1) is 0 Å². The molecule has 27 heavy (non-hydrogen) atoms. The van der Waals surface area contributed by atoms with E-state index < -0.39 is 0 Å². The van der Waals surface area contributed by atoms with Gasteiger partial charge in [0.2, 0.25) is 0 Å². The third kappa shape index (κ3) is 2.74. The molecule has 0 N–H and O–H groups in total. The van der Waals surface area contributed by atoms with Crippen LogP contribution in [-0.4, -0.2) is 46.5 Å². The van der Waals surface area contributed by atoms with Crippen molar-refractivity contribution in [2.24, 2.45) is 0 Å². The number of nitrogens with zero attached hydrogens (tertiary/aromatic N) is 7. The second-order valence-corrected chi connectivity index (χ2v) is 6.72. The molecule has 0 saturated carbocycles. The summed E-state index contributed by atoms with van der Waals surface area (Å²) < 4.78 is 3.71. The molecule has 9 heteroatoms. The molecule has 1 aliphatic rings. The number of rotatable bonds is 2. The number of halogens is 1. The van der Waals surface area contributed by atoms with E-state index in [4.69, 9.17) is 11.6 Å². The molecule has 5 rings (SSSR count). The molecule has 8 nitrogen and oxygen atoms in total. The average molecular weight is 380 g/mol. The summed E-state index contributed by atoms with van der Waals surface area (Å²) in [5.74, 6) is -0.118. The number of hydrogen-bond acceptors (Lipinski definition) is 5. The maximum atomic E-state index is 12.9. The molecule has 0 radical (unpaired) electrons. The van der Waals surface area contributed by atoms with Gasteiger partial charge in [-0.1, -0.05) is 11.6 Å². The summed E-state index contributed by atoms with van der Waals surface area (Å²) in [6, 6.07) is 7.62. The summed E-state index contributed by atoms with van der Waals surface area (Å²) in [5, 5.41) is 4.78. The molecule has 0 bridgehead atoms. The zero-order valence-corrected chi connectivity index (χ0v) is 14.9. The predicted molar refractivity (Wildman–Crippen MR) is 98.2 cm³/mol. The van der Waals surface area contributed by atoms with Crippen LogP contribution in [0.2, 0.25) is 5.02 Å². The lowest BCUT2D eigenvalue weighted by atomic mass is 10.2. The van der Waals surface area contributed by atoms with E-state index >= 15 is 0 Å². The standard InChI is InChI=1S/C18H14ClN7O/c19-12-8-21-17-7-15(23-26(17)9-12)18(27)24-5-6-25-13(10-24)1-2-16(25)14-3-4-20-11-22-14/h1-4,7-9,11H,5-6,10H2. The molecule has 134 valence electrons. The van der Waals surface area contributed by atoms with Crippen LogP contribution in [0.1, 0.15) is 16.2 Å².